The molecule has 0 radical (unpaired) electrons. The first-order chi connectivity index (χ1) is 15.6. The Balaban J connectivity index is 1.85. The van der Waals surface area contributed by atoms with Crippen molar-refractivity contribution in [3.05, 3.63) is 35.4 Å². The summed E-state index contributed by atoms with van der Waals surface area (Å²) < 4.78 is 33.2. The van der Waals surface area contributed by atoms with E-state index < -0.39 is 0 Å². The molecule has 176 valence electrons. The third-order valence-corrected chi connectivity index (χ3v) is 7.22. The number of ether oxygens (including phenoxy) is 6. The average molecular weight is 464 g/mol. The standard InChI is InChI=1S/C24H33NO6S/c1-25-17-11-15(12-18(27-3)23(17)31-10-9-26-2)21-7-8-22(32-21)16-13-19(28-4)24(30-6)20(14-16)29-5/h11-14,21-22,25H,7-10H2,1-6H3. The number of benzene rings is 2. The molecule has 0 aliphatic carbocycles. The molecule has 0 aromatic heterocycles. The van der Waals surface area contributed by atoms with E-state index in [4.69, 9.17) is 28.4 Å². The summed E-state index contributed by atoms with van der Waals surface area (Å²) in [5.74, 6) is 3.41. The highest BCUT2D eigenvalue weighted by Crippen LogP contribution is 2.55. The zero-order valence-electron chi connectivity index (χ0n) is 19.7. The van der Waals surface area contributed by atoms with Crippen molar-refractivity contribution in [3.63, 3.8) is 0 Å². The molecule has 1 saturated heterocycles. The average Bonchev–Trinajstić information content (AvgIpc) is 3.33. The molecule has 2 aromatic rings. The Bertz CT molecular complexity index is 856. The SMILES string of the molecule is CNc1cc(C2CCC(c3cc(OC)c(OC)c(OC)c3)S2)cc(OC)c1OCCOC. The lowest BCUT2D eigenvalue weighted by Crippen LogP contribution is -2.08. The van der Waals surface area contributed by atoms with Crippen LogP contribution in [0.3, 0.4) is 0 Å². The largest absolute Gasteiger partial charge is 0.493 e. The highest BCUT2D eigenvalue weighted by Gasteiger charge is 2.30. The van der Waals surface area contributed by atoms with E-state index in [2.05, 4.69) is 17.4 Å². The normalized spacial score (nSPS) is 17.7. The van der Waals surface area contributed by atoms with Crippen LogP contribution < -0.4 is 29.0 Å². The number of nitrogens with one attached hydrogen (secondary N) is 1. The minimum Gasteiger partial charge on any atom is -0.493 e. The van der Waals surface area contributed by atoms with E-state index in [9.17, 15) is 0 Å². The third kappa shape index (κ3) is 5.13. The predicted molar refractivity (Wildman–Crippen MR) is 128 cm³/mol. The summed E-state index contributed by atoms with van der Waals surface area (Å²) in [7, 11) is 10.1. The van der Waals surface area contributed by atoms with E-state index in [1.165, 1.54) is 11.1 Å². The van der Waals surface area contributed by atoms with E-state index in [-0.39, 0.29) is 0 Å². The van der Waals surface area contributed by atoms with Gasteiger partial charge < -0.3 is 33.7 Å². The van der Waals surface area contributed by atoms with Gasteiger partial charge in [-0.05, 0) is 48.2 Å². The molecule has 1 fully saturated rings. The Morgan fingerprint density at radius 2 is 1.28 bits per heavy atom. The minimum atomic E-state index is 0.329. The summed E-state index contributed by atoms with van der Waals surface area (Å²) in [5.41, 5.74) is 3.30. The van der Waals surface area contributed by atoms with Gasteiger partial charge in [0.1, 0.15) is 6.61 Å². The van der Waals surface area contributed by atoms with E-state index in [0.29, 0.717) is 46.7 Å². The van der Waals surface area contributed by atoms with Crippen LogP contribution in [0.2, 0.25) is 0 Å². The van der Waals surface area contributed by atoms with Crippen molar-refractivity contribution in [3.8, 4) is 28.7 Å². The van der Waals surface area contributed by atoms with Crippen molar-refractivity contribution in [1.82, 2.24) is 0 Å². The predicted octanol–water partition coefficient (Wildman–Crippen LogP) is 5.10. The molecule has 8 heteroatoms. The number of hydrogen-bond donors (Lipinski definition) is 1. The maximum atomic E-state index is 5.91. The van der Waals surface area contributed by atoms with E-state index >= 15 is 0 Å². The van der Waals surface area contributed by atoms with Gasteiger partial charge in [-0.2, -0.15) is 0 Å². The monoisotopic (exact) mass is 463 g/mol. The lowest BCUT2D eigenvalue weighted by Gasteiger charge is -2.20. The van der Waals surface area contributed by atoms with Crippen molar-refractivity contribution >= 4 is 17.4 Å². The Hall–Kier alpha value is -2.45. The third-order valence-electron chi connectivity index (χ3n) is 5.55. The molecule has 0 bridgehead atoms. The van der Waals surface area contributed by atoms with Crippen molar-refractivity contribution in [2.45, 2.75) is 23.3 Å². The Labute approximate surface area is 194 Å². The summed E-state index contributed by atoms with van der Waals surface area (Å²) >= 11 is 1.94. The number of thioether (sulfide) groups is 1. The van der Waals surface area contributed by atoms with E-state index in [0.717, 1.165) is 24.3 Å². The lowest BCUT2D eigenvalue weighted by molar-refractivity contribution is 0.144. The summed E-state index contributed by atoms with van der Waals surface area (Å²) in [5, 5.41) is 3.91. The van der Waals surface area contributed by atoms with Crippen LogP contribution in [0.15, 0.2) is 24.3 Å². The number of methoxy groups -OCH3 is 5. The van der Waals surface area contributed by atoms with Gasteiger partial charge >= 0.3 is 0 Å². The van der Waals surface area contributed by atoms with Crippen molar-refractivity contribution < 1.29 is 28.4 Å². The van der Waals surface area contributed by atoms with Crippen LogP contribution in [-0.2, 0) is 4.74 Å². The van der Waals surface area contributed by atoms with Gasteiger partial charge in [-0.25, -0.2) is 0 Å². The van der Waals surface area contributed by atoms with Crippen molar-refractivity contribution in [2.75, 3.05) is 61.1 Å². The van der Waals surface area contributed by atoms with Crippen LogP contribution in [0.4, 0.5) is 5.69 Å². The lowest BCUT2D eigenvalue weighted by atomic mass is 10.0. The zero-order chi connectivity index (χ0) is 23.1. The molecule has 2 atom stereocenters. The highest BCUT2D eigenvalue weighted by molar-refractivity contribution is 8.00. The van der Waals surface area contributed by atoms with Gasteiger partial charge in [-0.15, -0.1) is 11.8 Å². The molecule has 7 nitrogen and oxygen atoms in total. The molecule has 2 aromatic carbocycles. The second-order valence-electron chi connectivity index (χ2n) is 7.34. The van der Waals surface area contributed by atoms with E-state index in [1.54, 1.807) is 35.5 Å². The smallest absolute Gasteiger partial charge is 0.203 e. The van der Waals surface area contributed by atoms with Gasteiger partial charge in [0.05, 0.1) is 40.7 Å². The second-order valence-corrected chi connectivity index (χ2v) is 8.75. The molecule has 1 heterocycles. The summed E-state index contributed by atoms with van der Waals surface area (Å²) in [6, 6.07) is 8.33. The van der Waals surface area contributed by atoms with Crippen molar-refractivity contribution in [2.24, 2.45) is 0 Å². The van der Waals surface area contributed by atoms with Crippen LogP contribution in [0.5, 0.6) is 28.7 Å². The molecule has 32 heavy (non-hydrogen) atoms. The van der Waals surface area contributed by atoms with Gasteiger partial charge in [0.25, 0.3) is 0 Å². The fraction of sp³-hybridized carbons (Fsp3) is 0.500. The van der Waals surface area contributed by atoms with Gasteiger partial charge in [0, 0.05) is 24.7 Å². The van der Waals surface area contributed by atoms with Gasteiger partial charge in [0.15, 0.2) is 23.0 Å². The molecule has 0 saturated carbocycles. The molecule has 0 amide bonds. The first-order valence-corrected chi connectivity index (χ1v) is 11.5. The molecule has 0 spiro atoms. The van der Waals surface area contributed by atoms with Crippen LogP contribution in [0, 0.1) is 0 Å². The fourth-order valence-electron chi connectivity index (χ4n) is 3.94. The van der Waals surface area contributed by atoms with Gasteiger partial charge in [-0.1, -0.05) is 0 Å². The Morgan fingerprint density at radius 3 is 1.75 bits per heavy atom. The Kier molecular flexibility index (Phi) is 8.64. The van der Waals surface area contributed by atoms with E-state index in [1.807, 2.05) is 30.9 Å². The van der Waals surface area contributed by atoms with Crippen LogP contribution >= 0.6 is 11.8 Å². The molecule has 1 aliphatic rings. The maximum Gasteiger partial charge on any atom is 0.203 e. The molecular weight excluding hydrogens is 430 g/mol. The second kappa shape index (κ2) is 11.4. The molecule has 3 rings (SSSR count). The first kappa shape index (κ1) is 24.2. The van der Waals surface area contributed by atoms with Crippen molar-refractivity contribution in [1.29, 1.82) is 0 Å². The molecule has 1 aliphatic heterocycles. The van der Waals surface area contributed by atoms with Gasteiger partial charge in [-0.3, -0.25) is 0 Å². The summed E-state index contributed by atoms with van der Waals surface area (Å²) in [4.78, 5) is 0. The number of anilines is 1. The Morgan fingerprint density at radius 1 is 0.750 bits per heavy atom. The summed E-state index contributed by atoms with van der Waals surface area (Å²) in [6.07, 6.45) is 2.11. The summed E-state index contributed by atoms with van der Waals surface area (Å²) in [6.45, 7) is 0.977. The van der Waals surface area contributed by atoms with Crippen LogP contribution in [0.25, 0.3) is 0 Å². The topological polar surface area (TPSA) is 67.4 Å². The van der Waals surface area contributed by atoms with Crippen LogP contribution in [0.1, 0.15) is 34.5 Å². The van der Waals surface area contributed by atoms with Gasteiger partial charge in [0.2, 0.25) is 5.75 Å². The van der Waals surface area contributed by atoms with Crippen LogP contribution in [-0.4, -0.2) is 55.8 Å². The zero-order valence-corrected chi connectivity index (χ0v) is 20.5. The first-order valence-electron chi connectivity index (χ1n) is 10.6. The molecular formula is C24H33NO6S. The number of hydrogen-bond acceptors (Lipinski definition) is 8. The fourth-order valence-corrected chi connectivity index (χ4v) is 5.46. The maximum absolute atomic E-state index is 5.91. The highest BCUT2D eigenvalue weighted by atomic mass is 32.2. The minimum absolute atomic E-state index is 0.329. The molecule has 2 unspecified atom stereocenters. The number of rotatable bonds is 11. The molecule has 1 N–H and O–H groups in total. The quantitative estimate of drug-likeness (QED) is 0.462.